The number of nitrogen functional groups attached to an aromatic ring is 1. The summed E-state index contributed by atoms with van der Waals surface area (Å²) in [6, 6.07) is 4.03. The van der Waals surface area contributed by atoms with Crippen molar-refractivity contribution < 1.29 is 0 Å². The van der Waals surface area contributed by atoms with E-state index in [2.05, 4.69) is 27.1 Å². The minimum atomic E-state index is 0.697. The first-order valence-electron chi connectivity index (χ1n) is 4.80. The maximum absolute atomic E-state index is 5.76. The number of pyridine rings is 1. The molecule has 2 aromatic rings. The summed E-state index contributed by atoms with van der Waals surface area (Å²) in [4.78, 5) is 3.94. The average Bonchev–Trinajstić information content (AvgIpc) is 2.74. The topological polar surface area (TPSA) is 50.9 Å². The maximum Gasteiger partial charge on any atom is 0.0736 e. The van der Waals surface area contributed by atoms with Crippen molar-refractivity contribution in [3.8, 4) is 0 Å². The van der Waals surface area contributed by atoms with Gasteiger partial charge in [0.1, 0.15) is 0 Å². The highest BCUT2D eigenvalue weighted by Gasteiger charge is 1.97. The molecule has 0 saturated heterocycles. The monoisotopic (exact) mass is 219 g/mol. The fourth-order valence-electron chi connectivity index (χ4n) is 1.34. The highest BCUT2D eigenvalue weighted by Crippen LogP contribution is 2.15. The van der Waals surface area contributed by atoms with Crippen LogP contribution in [0.4, 0.5) is 11.4 Å². The molecule has 0 spiro atoms. The highest BCUT2D eigenvalue weighted by atomic mass is 32.1. The van der Waals surface area contributed by atoms with E-state index < -0.39 is 0 Å². The molecule has 2 rings (SSSR count). The quantitative estimate of drug-likeness (QED) is 0.830. The van der Waals surface area contributed by atoms with Crippen LogP contribution in [0.5, 0.6) is 0 Å². The summed E-state index contributed by atoms with van der Waals surface area (Å²) < 4.78 is 0. The molecule has 0 bridgehead atoms. The predicted molar refractivity (Wildman–Crippen MR) is 65.2 cm³/mol. The van der Waals surface area contributed by atoms with Gasteiger partial charge in [0.2, 0.25) is 0 Å². The Kier molecular flexibility index (Phi) is 3.19. The van der Waals surface area contributed by atoms with Gasteiger partial charge in [-0.05, 0) is 34.9 Å². The van der Waals surface area contributed by atoms with Crippen molar-refractivity contribution in [1.29, 1.82) is 0 Å². The van der Waals surface area contributed by atoms with Gasteiger partial charge in [0.25, 0.3) is 0 Å². The second-order valence-corrected chi connectivity index (χ2v) is 4.05. The minimum absolute atomic E-state index is 0.697. The van der Waals surface area contributed by atoms with E-state index in [9.17, 15) is 0 Å². The minimum Gasteiger partial charge on any atom is -0.396 e. The summed E-state index contributed by atoms with van der Waals surface area (Å²) in [7, 11) is 0. The molecule has 2 aromatic heterocycles. The van der Waals surface area contributed by atoms with E-state index in [1.54, 1.807) is 23.7 Å². The Bertz CT molecular complexity index is 412. The molecular weight excluding hydrogens is 206 g/mol. The lowest BCUT2D eigenvalue weighted by molar-refractivity contribution is 1.03. The van der Waals surface area contributed by atoms with E-state index in [1.165, 1.54) is 5.56 Å². The van der Waals surface area contributed by atoms with Gasteiger partial charge in [-0.15, -0.1) is 0 Å². The fraction of sp³-hybridized carbons (Fsp3) is 0.182. The lowest BCUT2D eigenvalue weighted by Crippen LogP contribution is -2.06. The lowest BCUT2D eigenvalue weighted by atomic mass is 10.2. The largest absolute Gasteiger partial charge is 0.396 e. The first-order chi connectivity index (χ1) is 7.36. The van der Waals surface area contributed by atoms with Gasteiger partial charge < -0.3 is 11.1 Å². The lowest BCUT2D eigenvalue weighted by Gasteiger charge is -2.07. The molecule has 0 unspecified atom stereocenters. The van der Waals surface area contributed by atoms with Crippen LogP contribution >= 0.6 is 11.3 Å². The molecule has 78 valence electrons. The number of nitrogens with two attached hydrogens (primary N) is 1. The third-order valence-corrected chi connectivity index (χ3v) is 2.89. The SMILES string of the molecule is Nc1cnccc1NCCc1ccsc1. The van der Waals surface area contributed by atoms with Gasteiger partial charge in [-0.1, -0.05) is 0 Å². The van der Waals surface area contributed by atoms with Crippen LogP contribution < -0.4 is 11.1 Å². The van der Waals surface area contributed by atoms with Crippen LogP contribution in [0.3, 0.4) is 0 Å². The molecule has 15 heavy (non-hydrogen) atoms. The number of hydrogen-bond donors (Lipinski definition) is 2. The third kappa shape index (κ3) is 2.70. The summed E-state index contributed by atoms with van der Waals surface area (Å²) in [5, 5.41) is 7.55. The molecule has 2 heterocycles. The predicted octanol–water partition coefficient (Wildman–Crippen LogP) is 2.38. The van der Waals surface area contributed by atoms with Gasteiger partial charge in [-0.2, -0.15) is 11.3 Å². The molecule has 3 nitrogen and oxygen atoms in total. The van der Waals surface area contributed by atoms with Crippen molar-refractivity contribution in [2.24, 2.45) is 0 Å². The van der Waals surface area contributed by atoms with Crippen molar-refractivity contribution in [3.63, 3.8) is 0 Å². The highest BCUT2D eigenvalue weighted by molar-refractivity contribution is 7.07. The van der Waals surface area contributed by atoms with Crippen molar-refractivity contribution >= 4 is 22.7 Å². The van der Waals surface area contributed by atoms with E-state index in [0.717, 1.165) is 18.7 Å². The van der Waals surface area contributed by atoms with Crippen LogP contribution in [-0.4, -0.2) is 11.5 Å². The zero-order valence-corrected chi connectivity index (χ0v) is 9.13. The van der Waals surface area contributed by atoms with E-state index in [-0.39, 0.29) is 0 Å². The molecule has 0 aliphatic heterocycles. The van der Waals surface area contributed by atoms with Gasteiger partial charge in [0.15, 0.2) is 0 Å². The van der Waals surface area contributed by atoms with E-state index in [4.69, 9.17) is 5.73 Å². The van der Waals surface area contributed by atoms with Gasteiger partial charge in [-0.3, -0.25) is 4.98 Å². The van der Waals surface area contributed by atoms with Crippen LogP contribution in [0.15, 0.2) is 35.3 Å². The van der Waals surface area contributed by atoms with Crippen molar-refractivity contribution in [2.45, 2.75) is 6.42 Å². The second kappa shape index (κ2) is 4.79. The van der Waals surface area contributed by atoms with Gasteiger partial charge in [0, 0.05) is 12.7 Å². The van der Waals surface area contributed by atoms with Gasteiger partial charge in [0.05, 0.1) is 17.6 Å². The third-order valence-electron chi connectivity index (χ3n) is 2.16. The average molecular weight is 219 g/mol. The van der Waals surface area contributed by atoms with E-state index in [1.807, 2.05) is 6.07 Å². The molecule has 3 N–H and O–H groups in total. The number of hydrogen-bond acceptors (Lipinski definition) is 4. The molecule has 0 radical (unpaired) electrons. The van der Waals surface area contributed by atoms with Gasteiger partial charge in [-0.25, -0.2) is 0 Å². The number of aromatic nitrogens is 1. The normalized spacial score (nSPS) is 10.1. The summed E-state index contributed by atoms with van der Waals surface area (Å²) in [5.41, 5.74) is 8.77. The zero-order valence-electron chi connectivity index (χ0n) is 8.31. The van der Waals surface area contributed by atoms with Crippen LogP contribution in [-0.2, 0) is 6.42 Å². The zero-order chi connectivity index (χ0) is 10.5. The molecule has 0 atom stereocenters. The van der Waals surface area contributed by atoms with Gasteiger partial charge >= 0.3 is 0 Å². The molecule has 0 aliphatic rings. The second-order valence-electron chi connectivity index (χ2n) is 3.27. The number of nitrogens with one attached hydrogen (secondary N) is 1. The van der Waals surface area contributed by atoms with Crippen LogP contribution in [0.25, 0.3) is 0 Å². The molecule has 0 fully saturated rings. The summed E-state index contributed by atoms with van der Waals surface area (Å²) >= 11 is 1.73. The molecular formula is C11H13N3S. The Morgan fingerprint density at radius 3 is 3.07 bits per heavy atom. The summed E-state index contributed by atoms with van der Waals surface area (Å²) in [5.74, 6) is 0. The Morgan fingerprint density at radius 1 is 1.40 bits per heavy atom. The number of anilines is 2. The van der Waals surface area contributed by atoms with Crippen LogP contribution in [0.1, 0.15) is 5.56 Å². The van der Waals surface area contributed by atoms with Crippen molar-refractivity contribution in [2.75, 3.05) is 17.6 Å². The molecule has 0 aliphatic carbocycles. The number of thiophene rings is 1. The molecule has 4 heteroatoms. The number of rotatable bonds is 4. The smallest absolute Gasteiger partial charge is 0.0736 e. The Balaban J connectivity index is 1.86. The maximum atomic E-state index is 5.76. The fourth-order valence-corrected chi connectivity index (χ4v) is 2.05. The Labute approximate surface area is 93.0 Å². The van der Waals surface area contributed by atoms with E-state index in [0.29, 0.717) is 5.69 Å². The summed E-state index contributed by atoms with van der Waals surface area (Å²) in [6.45, 7) is 0.894. The van der Waals surface area contributed by atoms with Crippen LogP contribution in [0, 0.1) is 0 Å². The van der Waals surface area contributed by atoms with Crippen molar-refractivity contribution in [1.82, 2.24) is 4.98 Å². The standard InChI is InChI=1S/C11H13N3S/c12-10-7-13-4-2-11(10)14-5-1-9-3-6-15-8-9/h2-4,6-8H,1,5,12H2,(H,13,14). The first-order valence-corrected chi connectivity index (χ1v) is 5.75. The van der Waals surface area contributed by atoms with E-state index >= 15 is 0 Å². The molecule has 0 saturated carbocycles. The molecule has 0 amide bonds. The number of nitrogens with zero attached hydrogens (tertiary/aromatic N) is 1. The molecule has 0 aromatic carbocycles. The Morgan fingerprint density at radius 2 is 2.33 bits per heavy atom. The summed E-state index contributed by atoms with van der Waals surface area (Å²) in [6.07, 6.45) is 4.42. The van der Waals surface area contributed by atoms with Crippen LogP contribution in [0.2, 0.25) is 0 Å². The first kappa shape index (κ1) is 9.98. The Hall–Kier alpha value is -1.55. The van der Waals surface area contributed by atoms with Crippen molar-refractivity contribution in [3.05, 3.63) is 40.8 Å².